The predicted molar refractivity (Wildman–Crippen MR) is 96.0 cm³/mol. The highest BCUT2D eigenvalue weighted by Crippen LogP contribution is 2.20. The van der Waals surface area contributed by atoms with Crippen LogP contribution in [0.4, 0.5) is 5.13 Å². The number of hydrogen-bond acceptors (Lipinski definition) is 6. The molecule has 138 valence electrons. The quantitative estimate of drug-likeness (QED) is 0.775. The minimum absolute atomic E-state index is 0.0631. The first-order chi connectivity index (χ1) is 12.5. The Morgan fingerprint density at radius 3 is 2.73 bits per heavy atom. The van der Waals surface area contributed by atoms with Gasteiger partial charge in [0, 0.05) is 55.8 Å². The Balaban J connectivity index is 1.46. The lowest BCUT2D eigenvalue weighted by Crippen LogP contribution is -2.42. The molecule has 0 spiro atoms. The van der Waals surface area contributed by atoms with E-state index in [2.05, 4.69) is 15.3 Å². The summed E-state index contributed by atoms with van der Waals surface area (Å²) in [5.74, 6) is -0.265. The van der Waals surface area contributed by atoms with Crippen LogP contribution < -0.4 is 16.6 Å². The number of likely N-dealkylation sites (tertiary alicyclic amines) is 1. The molecule has 1 fully saturated rings. The number of thiazole rings is 1. The van der Waals surface area contributed by atoms with Crippen LogP contribution in [0, 0.1) is 5.92 Å². The second-order valence-corrected chi connectivity index (χ2v) is 6.93. The van der Waals surface area contributed by atoms with Crippen molar-refractivity contribution in [2.75, 3.05) is 18.4 Å². The summed E-state index contributed by atoms with van der Waals surface area (Å²) >= 11 is 1.37. The van der Waals surface area contributed by atoms with E-state index in [4.69, 9.17) is 0 Å². The van der Waals surface area contributed by atoms with Crippen molar-refractivity contribution < 1.29 is 9.59 Å². The largest absolute Gasteiger partial charge is 0.343 e. The van der Waals surface area contributed by atoms with Crippen LogP contribution in [0.1, 0.15) is 19.3 Å². The third-order valence-corrected chi connectivity index (χ3v) is 5.03. The molecule has 9 nitrogen and oxygen atoms in total. The predicted octanol–water partition coefficient (Wildman–Crippen LogP) is 0.260. The summed E-state index contributed by atoms with van der Waals surface area (Å²) in [7, 11) is 0. The average Bonchev–Trinajstić information content (AvgIpc) is 3.14. The summed E-state index contributed by atoms with van der Waals surface area (Å²) in [5.41, 5.74) is -0.987. The zero-order chi connectivity index (χ0) is 18.5. The molecule has 2 amide bonds. The van der Waals surface area contributed by atoms with Gasteiger partial charge in [-0.2, -0.15) is 0 Å². The van der Waals surface area contributed by atoms with E-state index in [0.29, 0.717) is 31.1 Å². The van der Waals surface area contributed by atoms with E-state index >= 15 is 0 Å². The van der Waals surface area contributed by atoms with Crippen LogP contribution in [-0.4, -0.2) is 44.3 Å². The number of carbonyl (C=O) groups excluding carboxylic acids is 2. The van der Waals surface area contributed by atoms with Crippen molar-refractivity contribution in [1.82, 2.24) is 19.4 Å². The Hall–Kier alpha value is -2.75. The fourth-order valence-corrected chi connectivity index (χ4v) is 3.41. The van der Waals surface area contributed by atoms with Gasteiger partial charge in [0.25, 0.3) is 5.56 Å². The topological polar surface area (TPSA) is 117 Å². The van der Waals surface area contributed by atoms with Crippen LogP contribution in [-0.2, 0) is 16.1 Å². The molecule has 2 aromatic heterocycles. The molecule has 2 aromatic rings. The molecule has 1 aliphatic rings. The molecule has 0 aliphatic carbocycles. The number of aromatic nitrogens is 3. The second kappa shape index (κ2) is 8.09. The fraction of sp³-hybridized carbons (Fsp3) is 0.438. The zero-order valence-corrected chi connectivity index (χ0v) is 14.8. The maximum atomic E-state index is 12.3. The summed E-state index contributed by atoms with van der Waals surface area (Å²) in [6, 6.07) is 1.25. The minimum Gasteiger partial charge on any atom is -0.343 e. The van der Waals surface area contributed by atoms with Crippen molar-refractivity contribution in [3.63, 3.8) is 0 Å². The number of carbonyl (C=O) groups is 2. The standard InChI is InChI=1S/C16H19N5O4S/c22-12-3-8-21(16(25)18-12)9-4-13(23)20-6-1-11(2-7-20)14(24)19-15-17-5-10-26-15/h3,5,8,10-11H,1-2,4,6-7,9H2,(H,17,19,24)(H,18,22,25). The second-order valence-electron chi connectivity index (χ2n) is 6.04. The summed E-state index contributed by atoms with van der Waals surface area (Å²) < 4.78 is 1.30. The highest BCUT2D eigenvalue weighted by molar-refractivity contribution is 7.13. The van der Waals surface area contributed by atoms with E-state index in [1.54, 1.807) is 16.5 Å². The van der Waals surface area contributed by atoms with Crippen molar-refractivity contribution >= 4 is 28.3 Å². The monoisotopic (exact) mass is 377 g/mol. The molecule has 0 bridgehead atoms. The molecule has 1 saturated heterocycles. The Kier molecular flexibility index (Phi) is 5.61. The van der Waals surface area contributed by atoms with Crippen LogP contribution >= 0.6 is 11.3 Å². The third-order valence-electron chi connectivity index (χ3n) is 4.34. The number of hydrogen-bond donors (Lipinski definition) is 2. The Morgan fingerprint density at radius 2 is 2.08 bits per heavy atom. The van der Waals surface area contributed by atoms with Crippen molar-refractivity contribution in [3.8, 4) is 0 Å². The number of aryl methyl sites for hydroxylation is 1. The zero-order valence-electron chi connectivity index (χ0n) is 14.0. The lowest BCUT2D eigenvalue weighted by atomic mass is 9.96. The first-order valence-corrected chi connectivity index (χ1v) is 9.19. The van der Waals surface area contributed by atoms with Gasteiger partial charge in [0.2, 0.25) is 11.8 Å². The molecule has 0 atom stereocenters. The Morgan fingerprint density at radius 1 is 1.31 bits per heavy atom. The van der Waals surface area contributed by atoms with Gasteiger partial charge in [0.15, 0.2) is 5.13 Å². The Bertz CT molecular complexity index is 881. The number of piperidine rings is 1. The van der Waals surface area contributed by atoms with Gasteiger partial charge in [-0.3, -0.25) is 19.4 Å². The van der Waals surface area contributed by atoms with Crippen LogP contribution in [0.25, 0.3) is 0 Å². The third kappa shape index (κ3) is 4.45. The van der Waals surface area contributed by atoms with Gasteiger partial charge in [0.1, 0.15) is 0 Å². The molecule has 0 saturated carbocycles. The van der Waals surface area contributed by atoms with Gasteiger partial charge in [-0.05, 0) is 12.8 Å². The molecular formula is C16H19N5O4S. The van der Waals surface area contributed by atoms with Gasteiger partial charge in [-0.25, -0.2) is 9.78 Å². The van der Waals surface area contributed by atoms with E-state index in [1.165, 1.54) is 28.2 Å². The van der Waals surface area contributed by atoms with E-state index in [1.807, 2.05) is 0 Å². The highest BCUT2D eigenvalue weighted by Gasteiger charge is 2.27. The van der Waals surface area contributed by atoms with Gasteiger partial charge in [-0.1, -0.05) is 0 Å². The Labute approximate surface area is 152 Å². The fourth-order valence-electron chi connectivity index (χ4n) is 2.88. The summed E-state index contributed by atoms with van der Waals surface area (Å²) in [5, 5.41) is 5.17. The number of amides is 2. The smallest absolute Gasteiger partial charge is 0.328 e. The normalized spacial score (nSPS) is 15.0. The molecule has 0 radical (unpaired) electrons. The molecule has 26 heavy (non-hydrogen) atoms. The van der Waals surface area contributed by atoms with Crippen LogP contribution in [0.5, 0.6) is 0 Å². The van der Waals surface area contributed by atoms with Crippen molar-refractivity contribution in [2.45, 2.75) is 25.8 Å². The minimum atomic E-state index is -0.525. The number of H-pyrrole nitrogens is 1. The first kappa shape index (κ1) is 18.1. The van der Waals surface area contributed by atoms with Crippen LogP contribution in [0.2, 0.25) is 0 Å². The molecule has 0 aromatic carbocycles. The van der Waals surface area contributed by atoms with E-state index < -0.39 is 11.2 Å². The van der Waals surface area contributed by atoms with Gasteiger partial charge in [-0.15, -0.1) is 11.3 Å². The molecule has 3 heterocycles. The van der Waals surface area contributed by atoms with E-state index in [9.17, 15) is 19.2 Å². The number of nitrogens with one attached hydrogen (secondary N) is 2. The number of anilines is 1. The molecular weight excluding hydrogens is 358 g/mol. The molecule has 10 heteroatoms. The molecule has 1 aliphatic heterocycles. The maximum absolute atomic E-state index is 12.3. The highest BCUT2D eigenvalue weighted by atomic mass is 32.1. The maximum Gasteiger partial charge on any atom is 0.328 e. The summed E-state index contributed by atoms with van der Waals surface area (Å²) in [6.45, 7) is 1.23. The number of aromatic amines is 1. The molecule has 2 N–H and O–H groups in total. The lowest BCUT2D eigenvalue weighted by molar-refractivity contribution is -0.134. The summed E-state index contributed by atoms with van der Waals surface area (Å²) in [6.07, 6.45) is 4.38. The van der Waals surface area contributed by atoms with E-state index in [-0.39, 0.29) is 30.7 Å². The van der Waals surface area contributed by atoms with Crippen molar-refractivity contribution in [3.05, 3.63) is 44.7 Å². The van der Waals surface area contributed by atoms with Gasteiger partial charge in [0.05, 0.1) is 0 Å². The van der Waals surface area contributed by atoms with E-state index in [0.717, 1.165) is 0 Å². The van der Waals surface area contributed by atoms with Crippen LogP contribution in [0.15, 0.2) is 33.4 Å². The van der Waals surface area contributed by atoms with Crippen molar-refractivity contribution in [2.24, 2.45) is 5.92 Å². The van der Waals surface area contributed by atoms with Crippen molar-refractivity contribution in [1.29, 1.82) is 0 Å². The van der Waals surface area contributed by atoms with Gasteiger partial charge >= 0.3 is 5.69 Å². The molecule has 0 unspecified atom stereocenters. The SMILES string of the molecule is O=C(Nc1nccs1)C1CCN(C(=O)CCn2ccc(=O)[nH]c2=O)CC1. The van der Waals surface area contributed by atoms with Gasteiger partial charge < -0.3 is 14.8 Å². The van der Waals surface area contributed by atoms with Crippen LogP contribution in [0.3, 0.4) is 0 Å². The summed E-state index contributed by atoms with van der Waals surface area (Å²) in [4.78, 5) is 55.1. The molecule has 3 rings (SSSR count). The number of rotatable bonds is 5. The average molecular weight is 377 g/mol. The first-order valence-electron chi connectivity index (χ1n) is 8.31. The number of nitrogens with zero attached hydrogens (tertiary/aromatic N) is 3. The lowest BCUT2D eigenvalue weighted by Gasteiger charge is -2.31.